The summed E-state index contributed by atoms with van der Waals surface area (Å²) in [4.78, 5) is 27.3. The number of carbonyl (C=O) groups excluding carboxylic acids is 1. The number of ether oxygens (including phenoxy) is 3. The zero-order chi connectivity index (χ0) is 27.4. The average molecular weight is 546 g/mol. The molecule has 2 heterocycles. The summed E-state index contributed by atoms with van der Waals surface area (Å²) in [7, 11) is 3.22. The van der Waals surface area contributed by atoms with Crippen LogP contribution in [0.5, 0.6) is 17.2 Å². The molecule has 0 radical (unpaired) electrons. The van der Waals surface area contributed by atoms with Gasteiger partial charge >= 0.3 is 5.63 Å². The van der Waals surface area contributed by atoms with Crippen LogP contribution in [0.15, 0.2) is 75.9 Å². The van der Waals surface area contributed by atoms with Gasteiger partial charge in [0.25, 0.3) is 0 Å². The van der Waals surface area contributed by atoms with Crippen LogP contribution in [0.4, 0.5) is 0 Å². The molecule has 0 fully saturated rings. The normalized spacial score (nSPS) is 14.6. The lowest BCUT2D eigenvalue weighted by Crippen LogP contribution is -2.43. The van der Waals surface area contributed by atoms with Crippen LogP contribution in [-0.4, -0.2) is 43.9 Å². The van der Waals surface area contributed by atoms with Crippen molar-refractivity contribution in [1.82, 2.24) is 4.90 Å². The van der Waals surface area contributed by atoms with Gasteiger partial charge in [0, 0.05) is 29.8 Å². The number of benzene rings is 3. The molecule has 5 rings (SSSR count). The van der Waals surface area contributed by atoms with Crippen molar-refractivity contribution in [1.29, 1.82) is 0 Å². The van der Waals surface area contributed by atoms with E-state index in [1.165, 1.54) is 11.6 Å². The maximum absolute atomic E-state index is 13.5. The molecule has 0 saturated heterocycles. The molecule has 0 unspecified atom stereocenters. The Hall–Kier alpha value is -3.91. The minimum Gasteiger partial charge on any atom is -0.493 e. The lowest BCUT2D eigenvalue weighted by atomic mass is 9.92. The van der Waals surface area contributed by atoms with Crippen LogP contribution in [0.2, 0.25) is 0 Å². The second kappa shape index (κ2) is 11.9. The summed E-state index contributed by atoms with van der Waals surface area (Å²) >= 11 is 1.61. The molecule has 8 heteroatoms. The first-order valence-corrected chi connectivity index (χ1v) is 14.0. The quantitative estimate of drug-likeness (QED) is 0.255. The third-order valence-corrected chi connectivity index (χ3v) is 7.98. The molecule has 0 saturated carbocycles. The van der Waals surface area contributed by atoms with Crippen LogP contribution >= 0.6 is 11.8 Å². The van der Waals surface area contributed by atoms with Gasteiger partial charge in [0.2, 0.25) is 5.91 Å². The number of thioether (sulfide) groups is 1. The molecule has 0 bridgehead atoms. The summed E-state index contributed by atoms with van der Waals surface area (Å²) in [5, 5.41) is 0.856. The molecule has 0 aliphatic carbocycles. The molecular weight excluding hydrogens is 514 g/mol. The molecule has 39 heavy (non-hydrogen) atoms. The largest absolute Gasteiger partial charge is 0.493 e. The predicted octanol–water partition coefficient (Wildman–Crippen LogP) is 5.56. The van der Waals surface area contributed by atoms with Crippen LogP contribution in [-0.2, 0) is 17.0 Å². The molecular formula is C31H31NO6S. The number of methoxy groups -OCH3 is 2. The third-order valence-electron chi connectivity index (χ3n) is 6.99. The molecule has 1 atom stereocenters. The van der Waals surface area contributed by atoms with Crippen LogP contribution in [0, 0.1) is 6.92 Å². The lowest BCUT2D eigenvalue weighted by Gasteiger charge is -2.37. The highest BCUT2D eigenvalue weighted by Gasteiger charge is 2.32. The molecule has 0 spiro atoms. The fourth-order valence-electron chi connectivity index (χ4n) is 4.99. The first-order chi connectivity index (χ1) is 19.0. The fraction of sp³-hybridized carbons (Fsp3) is 0.290. The van der Waals surface area contributed by atoms with Gasteiger partial charge in [0.05, 0.1) is 26.0 Å². The number of carbonyl (C=O) groups is 1. The van der Waals surface area contributed by atoms with Gasteiger partial charge in [-0.05, 0) is 59.9 Å². The van der Waals surface area contributed by atoms with Gasteiger partial charge in [-0.25, -0.2) is 4.79 Å². The number of hydrogen-bond acceptors (Lipinski definition) is 7. The van der Waals surface area contributed by atoms with Crippen molar-refractivity contribution in [2.24, 2.45) is 0 Å². The minimum absolute atomic E-state index is 0.0603. The van der Waals surface area contributed by atoms with Gasteiger partial charge in [-0.1, -0.05) is 30.3 Å². The highest BCUT2D eigenvalue weighted by molar-refractivity contribution is 7.99. The maximum atomic E-state index is 13.5. The second-order valence-electron chi connectivity index (χ2n) is 9.45. The summed E-state index contributed by atoms with van der Waals surface area (Å²) in [5.74, 6) is 3.03. The molecule has 1 aliphatic heterocycles. The van der Waals surface area contributed by atoms with Crippen molar-refractivity contribution in [2.45, 2.75) is 25.1 Å². The minimum atomic E-state index is -0.399. The van der Waals surface area contributed by atoms with Crippen molar-refractivity contribution in [2.75, 3.05) is 33.1 Å². The number of hydrogen-bond donors (Lipinski definition) is 0. The first-order valence-electron chi connectivity index (χ1n) is 12.8. The van der Waals surface area contributed by atoms with E-state index in [0.29, 0.717) is 41.5 Å². The Morgan fingerprint density at radius 3 is 2.56 bits per heavy atom. The highest BCUT2D eigenvalue weighted by Crippen LogP contribution is 2.39. The Kier molecular flexibility index (Phi) is 8.12. The molecule has 1 aliphatic rings. The zero-order valence-corrected chi connectivity index (χ0v) is 23.1. The Bertz CT molecular complexity index is 1530. The van der Waals surface area contributed by atoms with Crippen LogP contribution in [0.25, 0.3) is 11.0 Å². The second-order valence-corrected chi connectivity index (χ2v) is 10.4. The summed E-state index contributed by atoms with van der Waals surface area (Å²) in [6.07, 6.45) is 0.710. The average Bonchev–Trinajstić information content (AvgIpc) is 2.95. The van der Waals surface area contributed by atoms with Crippen LogP contribution in [0.1, 0.15) is 28.3 Å². The number of fused-ring (bicyclic) bond motifs is 2. The molecule has 7 nitrogen and oxygen atoms in total. The monoisotopic (exact) mass is 545 g/mol. The molecule has 0 N–H and O–H groups in total. The first kappa shape index (κ1) is 26.7. The van der Waals surface area contributed by atoms with Gasteiger partial charge in [0.15, 0.2) is 11.5 Å². The van der Waals surface area contributed by atoms with Crippen molar-refractivity contribution < 1.29 is 23.4 Å². The Balaban J connectivity index is 1.40. The summed E-state index contributed by atoms with van der Waals surface area (Å²) in [5.41, 5.74) is 4.18. The fourth-order valence-corrected chi connectivity index (χ4v) is 5.86. The zero-order valence-electron chi connectivity index (χ0n) is 22.3. The van der Waals surface area contributed by atoms with E-state index in [-0.39, 0.29) is 18.6 Å². The van der Waals surface area contributed by atoms with E-state index in [1.54, 1.807) is 32.0 Å². The van der Waals surface area contributed by atoms with Crippen molar-refractivity contribution in [3.8, 4) is 17.2 Å². The van der Waals surface area contributed by atoms with E-state index in [9.17, 15) is 9.59 Å². The molecule has 4 aromatic rings. The number of nitrogens with zero attached hydrogens (tertiary/aromatic N) is 1. The Morgan fingerprint density at radius 2 is 1.79 bits per heavy atom. The number of aryl methyl sites for hydroxylation is 1. The van der Waals surface area contributed by atoms with E-state index >= 15 is 0 Å². The van der Waals surface area contributed by atoms with Gasteiger partial charge in [-0.2, -0.15) is 0 Å². The summed E-state index contributed by atoms with van der Waals surface area (Å²) in [6.45, 7) is 2.69. The van der Waals surface area contributed by atoms with Gasteiger partial charge in [-0.3, -0.25) is 4.79 Å². The third kappa shape index (κ3) is 5.91. The van der Waals surface area contributed by atoms with Gasteiger partial charge < -0.3 is 23.5 Å². The maximum Gasteiger partial charge on any atom is 0.336 e. The van der Waals surface area contributed by atoms with E-state index < -0.39 is 5.63 Å². The van der Waals surface area contributed by atoms with Crippen LogP contribution < -0.4 is 19.8 Å². The molecule has 1 amide bonds. The van der Waals surface area contributed by atoms with Gasteiger partial charge in [0.1, 0.15) is 17.9 Å². The Labute approximate surface area is 231 Å². The molecule has 3 aromatic carbocycles. The van der Waals surface area contributed by atoms with E-state index in [2.05, 4.69) is 12.1 Å². The van der Waals surface area contributed by atoms with Crippen molar-refractivity contribution in [3.63, 3.8) is 0 Å². The summed E-state index contributed by atoms with van der Waals surface area (Å²) < 4.78 is 22.7. The number of rotatable bonds is 9. The van der Waals surface area contributed by atoms with Crippen molar-refractivity contribution >= 4 is 28.6 Å². The molecule has 202 valence electrons. The molecule has 1 aromatic heterocycles. The smallest absolute Gasteiger partial charge is 0.336 e. The topological polar surface area (TPSA) is 78.2 Å². The lowest BCUT2D eigenvalue weighted by molar-refractivity contribution is -0.132. The van der Waals surface area contributed by atoms with Crippen molar-refractivity contribution in [3.05, 3.63) is 99.4 Å². The van der Waals surface area contributed by atoms with E-state index in [4.69, 9.17) is 18.6 Å². The summed E-state index contributed by atoms with van der Waals surface area (Å²) in [6, 6.07) is 20.7. The van der Waals surface area contributed by atoms with E-state index in [1.807, 2.05) is 54.3 Å². The van der Waals surface area contributed by atoms with Crippen LogP contribution in [0.3, 0.4) is 0 Å². The van der Waals surface area contributed by atoms with Gasteiger partial charge in [-0.15, -0.1) is 11.8 Å². The SMILES string of the molecule is COc1cc2c(cc1OC)[C@H](COc1ccc3c(C)cc(=O)oc3c1)N(C(=O)CSCc1ccccc1)CC2. The highest BCUT2D eigenvalue weighted by atomic mass is 32.2. The predicted molar refractivity (Wildman–Crippen MR) is 153 cm³/mol. The number of amides is 1. The van der Waals surface area contributed by atoms with E-state index in [0.717, 1.165) is 27.8 Å². The Morgan fingerprint density at radius 1 is 1.03 bits per heavy atom. The standard InChI is InChI=1S/C31H31NO6S/c1-20-13-31(34)38-27-15-23(9-10-24(20)27)37-17-26-25-16-29(36-3)28(35-2)14-22(25)11-12-32(26)30(33)19-39-18-21-7-5-4-6-8-21/h4-10,13-16,26H,11-12,17-19H2,1-3H3/t26-/m0/s1.